The van der Waals surface area contributed by atoms with Crippen LogP contribution in [0.2, 0.25) is 0 Å². The van der Waals surface area contributed by atoms with Crippen LogP contribution in [0.5, 0.6) is 0 Å². The lowest BCUT2D eigenvalue weighted by Crippen LogP contribution is -2.49. The van der Waals surface area contributed by atoms with Crippen LogP contribution in [0, 0.1) is 5.41 Å². The number of rotatable bonds is 1. The fraction of sp³-hybridized carbons (Fsp3) is 0.889. The van der Waals surface area contributed by atoms with E-state index < -0.39 is 0 Å². The smallest absolute Gasteiger partial charge is 0.225 e. The second-order valence-corrected chi connectivity index (χ2v) is 4.55. The Labute approximate surface area is 73.2 Å². The van der Waals surface area contributed by atoms with Crippen LogP contribution in [-0.2, 0) is 4.79 Å². The Morgan fingerprint density at radius 3 is 2.25 bits per heavy atom. The lowest BCUT2D eigenvalue weighted by Gasteiger charge is -2.34. The minimum atomic E-state index is -0.319. The van der Waals surface area contributed by atoms with E-state index in [1.54, 1.807) is 0 Å². The van der Waals surface area contributed by atoms with Crippen LogP contribution in [0.3, 0.4) is 0 Å². The molecule has 1 fully saturated rings. The molecule has 1 rings (SSSR count). The highest BCUT2D eigenvalue weighted by molar-refractivity contribution is 5.81. The van der Waals surface area contributed by atoms with Gasteiger partial charge in [0.25, 0.3) is 0 Å². The maximum atomic E-state index is 11.4. The van der Waals surface area contributed by atoms with Gasteiger partial charge in [-0.05, 0) is 12.8 Å². The fourth-order valence-electron chi connectivity index (χ4n) is 1.11. The van der Waals surface area contributed by atoms with E-state index in [-0.39, 0.29) is 23.5 Å². The van der Waals surface area contributed by atoms with Gasteiger partial charge in [-0.1, -0.05) is 20.8 Å². The number of aliphatic hydroxyl groups is 1. The van der Waals surface area contributed by atoms with E-state index in [1.807, 2.05) is 20.8 Å². The normalized spacial score (nSPS) is 29.3. The topological polar surface area (TPSA) is 49.3 Å². The summed E-state index contributed by atoms with van der Waals surface area (Å²) in [5, 5.41) is 11.9. The van der Waals surface area contributed by atoms with E-state index in [2.05, 4.69) is 5.32 Å². The Balaban J connectivity index is 2.28. The Hall–Kier alpha value is -0.570. The van der Waals surface area contributed by atoms with E-state index in [4.69, 9.17) is 5.11 Å². The standard InChI is InChI=1S/C9H17NO2/c1-9(2,3)8(12)10-6-4-7(11)5-6/h6-7,11H,4-5H2,1-3H3,(H,10,12)/t6-,7-. The zero-order valence-electron chi connectivity index (χ0n) is 7.92. The van der Waals surface area contributed by atoms with Gasteiger partial charge in [0.1, 0.15) is 0 Å². The number of carbonyl (C=O) groups excluding carboxylic acids is 1. The molecule has 70 valence electrons. The van der Waals surface area contributed by atoms with Gasteiger partial charge in [0.2, 0.25) is 5.91 Å². The molecule has 0 radical (unpaired) electrons. The lowest BCUT2D eigenvalue weighted by molar-refractivity contribution is -0.130. The zero-order valence-corrected chi connectivity index (χ0v) is 7.92. The molecule has 0 saturated heterocycles. The van der Waals surface area contributed by atoms with E-state index in [0.717, 1.165) is 0 Å². The average Bonchev–Trinajstić information content (AvgIpc) is 1.82. The molecule has 3 heteroatoms. The number of nitrogens with one attached hydrogen (secondary N) is 1. The van der Waals surface area contributed by atoms with E-state index in [1.165, 1.54) is 0 Å². The fourth-order valence-corrected chi connectivity index (χ4v) is 1.11. The van der Waals surface area contributed by atoms with Crippen LogP contribution >= 0.6 is 0 Å². The van der Waals surface area contributed by atoms with Crippen LogP contribution in [0.1, 0.15) is 33.6 Å². The van der Waals surface area contributed by atoms with Gasteiger partial charge in [-0.25, -0.2) is 0 Å². The maximum Gasteiger partial charge on any atom is 0.225 e. The van der Waals surface area contributed by atoms with Gasteiger partial charge in [-0.2, -0.15) is 0 Å². The third kappa shape index (κ3) is 2.21. The molecule has 12 heavy (non-hydrogen) atoms. The molecule has 1 aliphatic rings. The molecular weight excluding hydrogens is 154 g/mol. The van der Waals surface area contributed by atoms with Crippen molar-refractivity contribution in [3.8, 4) is 0 Å². The summed E-state index contributed by atoms with van der Waals surface area (Å²) < 4.78 is 0. The second-order valence-electron chi connectivity index (χ2n) is 4.55. The number of amides is 1. The molecule has 1 saturated carbocycles. The first kappa shape index (κ1) is 9.52. The predicted molar refractivity (Wildman–Crippen MR) is 46.6 cm³/mol. The van der Waals surface area contributed by atoms with Gasteiger partial charge < -0.3 is 10.4 Å². The molecular formula is C9H17NO2. The predicted octanol–water partition coefficient (Wildman–Crippen LogP) is 0.672. The molecule has 0 heterocycles. The van der Waals surface area contributed by atoms with Gasteiger partial charge >= 0.3 is 0 Å². The Morgan fingerprint density at radius 2 is 1.92 bits per heavy atom. The first-order chi connectivity index (χ1) is 5.39. The first-order valence-electron chi connectivity index (χ1n) is 4.38. The molecule has 1 aliphatic carbocycles. The van der Waals surface area contributed by atoms with Crippen molar-refractivity contribution >= 4 is 5.91 Å². The van der Waals surface area contributed by atoms with E-state index in [9.17, 15) is 4.79 Å². The van der Waals surface area contributed by atoms with Gasteiger partial charge in [0.05, 0.1) is 6.10 Å². The van der Waals surface area contributed by atoms with Gasteiger partial charge in [0.15, 0.2) is 0 Å². The number of hydrogen-bond donors (Lipinski definition) is 2. The molecule has 0 aliphatic heterocycles. The summed E-state index contributed by atoms with van der Waals surface area (Å²) in [7, 11) is 0. The third-order valence-electron chi connectivity index (χ3n) is 2.13. The summed E-state index contributed by atoms with van der Waals surface area (Å²) >= 11 is 0. The third-order valence-corrected chi connectivity index (χ3v) is 2.13. The molecule has 0 aromatic rings. The highest BCUT2D eigenvalue weighted by atomic mass is 16.3. The summed E-state index contributed by atoms with van der Waals surface area (Å²) in [6.45, 7) is 5.66. The Morgan fingerprint density at radius 1 is 1.42 bits per heavy atom. The average molecular weight is 171 g/mol. The van der Waals surface area contributed by atoms with Crippen LogP contribution in [0.4, 0.5) is 0 Å². The minimum Gasteiger partial charge on any atom is -0.393 e. The first-order valence-corrected chi connectivity index (χ1v) is 4.38. The van der Waals surface area contributed by atoms with Gasteiger partial charge in [0, 0.05) is 11.5 Å². The number of aliphatic hydroxyl groups excluding tert-OH is 1. The van der Waals surface area contributed by atoms with Gasteiger partial charge in [-0.3, -0.25) is 4.79 Å². The van der Waals surface area contributed by atoms with E-state index in [0.29, 0.717) is 12.8 Å². The largest absolute Gasteiger partial charge is 0.393 e. The number of hydrogen-bond acceptors (Lipinski definition) is 2. The summed E-state index contributed by atoms with van der Waals surface area (Å²) in [5.41, 5.74) is -0.319. The van der Waals surface area contributed by atoms with Crippen LogP contribution in [0.15, 0.2) is 0 Å². The van der Waals surface area contributed by atoms with Crippen molar-refractivity contribution in [3.05, 3.63) is 0 Å². The monoisotopic (exact) mass is 171 g/mol. The molecule has 0 bridgehead atoms. The van der Waals surface area contributed by atoms with Crippen molar-refractivity contribution in [1.29, 1.82) is 0 Å². The van der Waals surface area contributed by atoms with Crippen molar-refractivity contribution in [3.63, 3.8) is 0 Å². The van der Waals surface area contributed by atoms with Gasteiger partial charge in [-0.15, -0.1) is 0 Å². The maximum absolute atomic E-state index is 11.4. The molecule has 0 atom stereocenters. The summed E-state index contributed by atoms with van der Waals surface area (Å²) in [6.07, 6.45) is 1.22. The van der Waals surface area contributed by atoms with Crippen molar-refractivity contribution in [2.75, 3.05) is 0 Å². The molecule has 0 aromatic carbocycles. The van der Waals surface area contributed by atoms with Crippen molar-refractivity contribution in [1.82, 2.24) is 5.32 Å². The quantitative estimate of drug-likeness (QED) is 0.609. The Bertz CT molecular complexity index is 177. The highest BCUT2D eigenvalue weighted by Crippen LogP contribution is 2.21. The van der Waals surface area contributed by atoms with Crippen molar-refractivity contribution in [2.24, 2.45) is 5.41 Å². The minimum absolute atomic E-state index is 0.0689. The highest BCUT2D eigenvalue weighted by Gasteiger charge is 2.31. The second kappa shape index (κ2) is 3.05. The van der Waals surface area contributed by atoms with Crippen LogP contribution in [-0.4, -0.2) is 23.2 Å². The Kier molecular flexibility index (Phi) is 2.42. The summed E-state index contributed by atoms with van der Waals surface area (Å²) in [4.78, 5) is 11.4. The summed E-state index contributed by atoms with van der Waals surface area (Å²) in [6, 6.07) is 0.201. The molecule has 0 aromatic heterocycles. The molecule has 1 amide bonds. The van der Waals surface area contributed by atoms with E-state index >= 15 is 0 Å². The zero-order chi connectivity index (χ0) is 9.35. The van der Waals surface area contributed by atoms with Crippen LogP contribution < -0.4 is 5.32 Å². The molecule has 0 unspecified atom stereocenters. The van der Waals surface area contributed by atoms with Crippen molar-refractivity contribution < 1.29 is 9.90 Å². The SMILES string of the molecule is CC(C)(C)C(=O)N[C@H]1C[C@H](O)C1. The molecule has 3 nitrogen and oxygen atoms in total. The van der Waals surface area contributed by atoms with Crippen molar-refractivity contribution in [2.45, 2.75) is 45.8 Å². The summed E-state index contributed by atoms with van der Waals surface area (Å²) in [5.74, 6) is 0.0689. The van der Waals surface area contributed by atoms with Crippen LogP contribution in [0.25, 0.3) is 0 Å². The number of carbonyl (C=O) groups is 1. The molecule has 0 spiro atoms. The lowest BCUT2D eigenvalue weighted by atomic mass is 9.87. The molecule has 2 N–H and O–H groups in total.